The molecule has 1 aromatic heterocycles. The van der Waals surface area contributed by atoms with Gasteiger partial charge in [-0.05, 0) is 19.1 Å². The van der Waals surface area contributed by atoms with Gasteiger partial charge in [0.05, 0.1) is 11.4 Å². The molecule has 1 N–H and O–H groups in total. The summed E-state index contributed by atoms with van der Waals surface area (Å²) in [6.07, 6.45) is 0.754. The zero-order chi connectivity index (χ0) is 14.7. The third kappa shape index (κ3) is 3.02. The van der Waals surface area contributed by atoms with Gasteiger partial charge in [-0.3, -0.25) is 0 Å². The zero-order valence-corrected chi connectivity index (χ0v) is 13.0. The second-order valence-electron chi connectivity index (χ2n) is 4.79. The van der Waals surface area contributed by atoms with Gasteiger partial charge in [0, 0.05) is 26.1 Å². The Morgan fingerprint density at radius 2 is 1.90 bits per heavy atom. The lowest BCUT2D eigenvalue weighted by Gasteiger charge is -2.19. The lowest BCUT2D eigenvalue weighted by atomic mass is 10.2. The summed E-state index contributed by atoms with van der Waals surface area (Å²) in [7, 11) is 4.02. The number of hydrogen-bond acceptors (Lipinski definition) is 4. The van der Waals surface area contributed by atoms with Crippen LogP contribution in [0.1, 0.15) is 18.3 Å². The maximum absolute atomic E-state index is 6.16. The highest BCUT2D eigenvalue weighted by Gasteiger charge is 2.11. The van der Waals surface area contributed by atoms with Gasteiger partial charge >= 0.3 is 0 Å². The van der Waals surface area contributed by atoms with Crippen LogP contribution in [0, 0.1) is 6.92 Å². The molecule has 0 atom stereocenters. The van der Waals surface area contributed by atoms with Crippen LogP contribution in [-0.2, 0) is 6.42 Å². The molecule has 0 fully saturated rings. The van der Waals surface area contributed by atoms with Gasteiger partial charge in [0.15, 0.2) is 0 Å². The summed E-state index contributed by atoms with van der Waals surface area (Å²) in [4.78, 5) is 10.8. The fourth-order valence-electron chi connectivity index (χ4n) is 1.91. The molecule has 0 amide bonds. The van der Waals surface area contributed by atoms with E-state index in [4.69, 9.17) is 11.6 Å². The molecule has 0 spiro atoms. The predicted octanol–water partition coefficient (Wildman–Crippen LogP) is 3.81. The molecule has 106 valence electrons. The van der Waals surface area contributed by atoms with E-state index in [1.165, 1.54) is 0 Å². The molecule has 0 saturated heterocycles. The number of halogens is 1. The lowest BCUT2D eigenvalue weighted by Crippen LogP contribution is -2.11. The quantitative estimate of drug-likeness (QED) is 0.869. The second-order valence-corrected chi connectivity index (χ2v) is 5.15. The standard InChI is InChI=1S/C15H19ClN4/c1-5-13-18-14(16)10(2)15(19-13)17-11-8-6-7-9-12(11)20(3)4/h6-9H,5H2,1-4H3,(H,17,18,19). The van der Waals surface area contributed by atoms with Gasteiger partial charge in [0.2, 0.25) is 0 Å². The minimum atomic E-state index is 0.502. The van der Waals surface area contributed by atoms with E-state index in [1.54, 1.807) is 0 Å². The molecule has 2 rings (SSSR count). The van der Waals surface area contributed by atoms with E-state index >= 15 is 0 Å². The van der Waals surface area contributed by atoms with Crippen LogP contribution in [0.25, 0.3) is 0 Å². The molecular formula is C15H19ClN4. The summed E-state index contributed by atoms with van der Waals surface area (Å²) in [5.74, 6) is 1.50. The number of hydrogen-bond donors (Lipinski definition) is 1. The maximum atomic E-state index is 6.16. The molecule has 1 aromatic carbocycles. The summed E-state index contributed by atoms with van der Waals surface area (Å²) in [6, 6.07) is 8.09. The molecule has 4 nitrogen and oxygen atoms in total. The van der Waals surface area contributed by atoms with E-state index < -0.39 is 0 Å². The average molecular weight is 291 g/mol. The van der Waals surface area contributed by atoms with E-state index in [0.717, 1.165) is 35.0 Å². The Bertz CT molecular complexity index is 611. The molecule has 0 aliphatic rings. The number of aryl methyl sites for hydroxylation is 1. The molecule has 5 heteroatoms. The number of nitrogens with one attached hydrogen (secondary N) is 1. The molecule has 1 heterocycles. The van der Waals surface area contributed by atoms with Crippen LogP contribution in [0.3, 0.4) is 0 Å². The fourth-order valence-corrected chi connectivity index (χ4v) is 2.10. The van der Waals surface area contributed by atoms with E-state index in [-0.39, 0.29) is 0 Å². The Labute approximate surface area is 124 Å². The first-order valence-corrected chi connectivity index (χ1v) is 6.97. The minimum absolute atomic E-state index is 0.502. The van der Waals surface area contributed by atoms with Crippen LogP contribution in [0.5, 0.6) is 0 Å². The van der Waals surface area contributed by atoms with Gasteiger partial charge in [-0.25, -0.2) is 9.97 Å². The van der Waals surface area contributed by atoms with Crippen molar-refractivity contribution in [2.45, 2.75) is 20.3 Å². The molecule has 0 bridgehead atoms. The number of para-hydroxylation sites is 2. The molecule has 0 radical (unpaired) electrons. The maximum Gasteiger partial charge on any atom is 0.138 e. The molecule has 0 saturated carbocycles. The summed E-state index contributed by atoms with van der Waals surface area (Å²) in [6.45, 7) is 3.93. The number of anilines is 3. The normalized spacial score (nSPS) is 10.4. The Morgan fingerprint density at radius 1 is 1.20 bits per heavy atom. The zero-order valence-electron chi connectivity index (χ0n) is 12.2. The van der Waals surface area contributed by atoms with Crippen molar-refractivity contribution in [2.75, 3.05) is 24.3 Å². The molecule has 20 heavy (non-hydrogen) atoms. The van der Waals surface area contributed by atoms with Gasteiger partial charge in [-0.15, -0.1) is 0 Å². The van der Waals surface area contributed by atoms with Gasteiger partial charge in [0.1, 0.15) is 16.8 Å². The van der Waals surface area contributed by atoms with Crippen molar-refractivity contribution in [2.24, 2.45) is 0 Å². The fraction of sp³-hybridized carbons (Fsp3) is 0.333. The average Bonchev–Trinajstić information content (AvgIpc) is 2.44. The Balaban J connectivity index is 2.42. The molecule has 0 aliphatic heterocycles. The number of aromatic nitrogens is 2. The van der Waals surface area contributed by atoms with Crippen LogP contribution in [-0.4, -0.2) is 24.1 Å². The van der Waals surface area contributed by atoms with Crippen molar-refractivity contribution >= 4 is 28.8 Å². The van der Waals surface area contributed by atoms with Crippen molar-refractivity contribution in [1.29, 1.82) is 0 Å². The summed E-state index contributed by atoms with van der Waals surface area (Å²) >= 11 is 6.16. The second kappa shape index (κ2) is 6.09. The smallest absolute Gasteiger partial charge is 0.138 e. The summed E-state index contributed by atoms with van der Waals surface area (Å²) in [5.41, 5.74) is 2.95. The Hall–Kier alpha value is -1.81. The SMILES string of the molecule is CCc1nc(Cl)c(C)c(Nc2ccccc2N(C)C)n1. The molecular weight excluding hydrogens is 272 g/mol. The molecule has 0 unspecified atom stereocenters. The van der Waals surface area contributed by atoms with Crippen LogP contribution in [0.4, 0.5) is 17.2 Å². The van der Waals surface area contributed by atoms with Crippen LogP contribution in [0.2, 0.25) is 5.15 Å². The highest BCUT2D eigenvalue weighted by Crippen LogP contribution is 2.29. The van der Waals surface area contributed by atoms with Gasteiger partial charge in [-0.1, -0.05) is 30.7 Å². The van der Waals surface area contributed by atoms with E-state index in [1.807, 2.05) is 46.1 Å². The molecule has 0 aliphatic carbocycles. The summed E-state index contributed by atoms with van der Waals surface area (Å²) < 4.78 is 0. The predicted molar refractivity (Wildman–Crippen MR) is 85.2 cm³/mol. The third-order valence-electron chi connectivity index (χ3n) is 3.09. The van der Waals surface area contributed by atoms with E-state index in [2.05, 4.69) is 26.3 Å². The first kappa shape index (κ1) is 14.6. The first-order chi connectivity index (χ1) is 9.52. The Morgan fingerprint density at radius 3 is 2.55 bits per heavy atom. The first-order valence-electron chi connectivity index (χ1n) is 6.59. The highest BCUT2D eigenvalue weighted by atomic mass is 35.5. The van der Waals surface area contributed by atoms with Crippen LogP contribution < -0.4 is 10.2 Å². The van der Waals surface area contributed by atoms with E-state index in [9.17, 15) is 0 Å². The summed E-state index contributed by atoms with van der Waals surface area (Å²) in [5, 5.41) is 3.86. The van der Waals surface area contributed by atoms with Gasteiger partial charge < -0.3 is 10.2 Å². The van der Waals surface area contributed by atoms with Crippen molar-refractivity contribution in [3.05, 3.63) is 40.8 Å². The lowest BCUT2D eigenvalue weighted by molar-refractivity contribution is 0.934. The van der Waals surface area contributed by atoms with Crippen LogP contribution in [0.15, 0.2) is 24.3 Å². The Kier molecular flexibility index (Phi) is 4.45. The number of benzene rings is 1. The van der Waals surface area contributed by atoms with Crippen molar-refractivity contribution in [1.82, 2.24) is 9.97 Å². The van der Waals surface area contributed by atoms with Gasteiger partial charge in [0.25, 0.3) is 0 Å². The van der Waals surface area contributed by atoms with Crippen molar-refractivity contribution in [3.8, 4) is 0 Å². The third-order valence-corrected chi connectivity index (χ3v) is 3.46. The largest absolute Gasteiger partial charge is 0.376 e. The molecule has 2 aromatic rings. The number of nitrogens with zero attached hydrogens (tertiary/aromatic N) is 3. The monoisotopic (exact) mass is 290 g/mol. The minimum Gasteiger partial charge on any atom is -0.376 e. The van der Waals surface area contributed by atoms with Crippen LogP contribution >= 0.6 is 11.6 Å². The van der Waals surface area contributed by atoms with E-state index in [0.29, 0.717) is 5.15 Å². The van der Waals surface area contributed by atoms with Gasteiger partial charge in [-0.2, -0.15) is 0 Å². The van der Waals surface area contributed by atoms with Crippen molar-refractivity contribution < 1.29 is 0 Å². The number of rotatable bonds is 4. The topological polar surface area (TPSA) is 41.1 Å². The van der Waals surface area contributed by atoms with Crippen molar-refractivity contribution in [3.63, 3.8) is 0 Å². The highest BCUT2D eigenvalue weighted by molar-refractivity contribution is 6.30.